The van der Waals surface area contributed by atoms with Gasteiger partial charge in [-0.3, -0.25) is 4.79 Å². The van der Waals surface area contributed by atoms with Crippen LogP contribution in [0.2, 0.25) is 0 Å². The number of amides is 1. The summed E-state index contributed by atoms with van der Waals surface area (Å²) < 4.78 is 52.2. The molecule has 3 aromatic carbocycles. The number of carbonyl (C=O) groups excluding carboxylic acids is 1. The lowest BCUT2D eigenvalue weighted by Gasteiger charge is -2.31. The Morgan fingerprint density at radius 2 is 1.74 bits per heavy atom. The summed E-state index contributed by atoms with van der Waals surface area (Å²) in [5, 5.41) is 2.85. The van der Waals surface area contributed by atoms with E-state index in [1.165, 1.54) is 17.5 Å². The molecule has 0 bridgehead atoms. The molecule has 34 heavy (non-hydrogen) atoms. The minimum atomic E-state index is -4.03. The van der Waals surface area contributed by atoms with Gasteiger partial charge in [0.25, 0.3) is 0 Å². The SMILES string of the molecule is COc1ccc(F)cc1S(=O)(=O)N1CCC[C@H](C(=O)Nc2ccc(Oc3ccccc3)cc2)C1. The van der Waals surface area contributed by atoms with Gasteiger partial charge >= 0.3 is 0 Å². The Morgan fingerprint density at radius 3 is 2.44 bits per heavy atom. The van der Waals surface area contributed by atoms with Gasteiger partial charge in [-0.15, -0.1) is 0 Å². The molecular weight excluding hydrogens is 459 g/mol. The van der Waals surface area contributed by atoms with Crippen LogP contribution in [0.3, 0.4) is 0 Å². The van der Waals surface area contributed by atoms with E-state index in [0.29, 0.717) is 30.0 Å². The lowest BCUT2D eigenvalue weighted by atomic mass is 9.99. The monoisotopic (exact) mass is 484 g/mol. The number of ether oxygens (including phenoxy) is 2. The summed E-state index contributed by atoms with van der Waals surface area (Å²) >= 11 is 0. The second-order valence-corrected chi connectivity index (χ2v) is 9.83. The quantitative estimate of drug-likeness (QED) is 0.527. The van der Waals surface area contributed by atoms with Gasteiger partial charge in [-0.2, -0.15) is 4.31 Å². The number of methoxy groups -OCH3 is 1. The molecule has 0 unspecified atom stereocenters. The number of nitrogens with zero attached hydrogens (tertiary/aromatic N) is 1. The first-order chi connectivity index (χ1) is 16.4. The molecule has 0 saturated carbocycles. The number of hydrogen-bond acceptors (Lipinski definition) is 5. The van der Waals surface area contributed by atoms with Crippen LogP contribution in [-0.2, 0) is 14.8 Å². The van der Waals surface area contributed by atoms with Crippen molar-refractivity contribution in [2.24, 2.45) is 5.92 Å². The van der Waals surface area contributed by atoms with Gasteiger partial charge in [0.05, 0.1) is 13.0 Å². The number of halogens is 1. The van der Waals surface area contributed by atoms with Crippen molar-refractivity contribution in [1.82, 2.24) is 4.31 Å². The van der Waals surface area contributed by atoms with Gasteiger partial charge < -0.3 is 14.8 Å². The van der Waals surface area contributed by atoms with Crippen LogP contribution in [0.25, 0.3) is 0 Å². The summed E-state index contributed by atoms with van der Waals surface area (Å²) in [6.07, 6.45) is 1.06. The zero-order chi connectivity index (χ0) is 24.1. The Bertz CT molecular complexity index is 1250. The highest BCUT2D eigenvalue weighted by Gasteiger charge is 2.35. The van der Waals surface area contributed by atoms with Gasteiger partial charge in [-0.1, -0.05) is 18.2 Å². The molecule has 3 aromatic rings. The van der Waals surface area contributed by atoms with E-state index in [1.807, 2.05) is 30.3 Å². The summed E-state index contributed by atoms with van der Waals surface area (Å²) in [4.78, 5) is 12.6. The zero-order valence-electron chi connectivity index (χ0n) is 18.6. The molecule has 4 rings (SSSR count). The van der Waals surface area contributed by atoms with E-state index in [9.17, 15) is 17.6 Å². The van der Waals surface area contributed by atoms with Crippen LogP contribution in [0, 0.1) is 11.7 Å². The molecule has 0 radical (unpaired) electrons. The highest BCUT2D eigenvalue weighted by Crippen LogP contribution is 2.31. The van der Waals surface area contributed by atoms with E-state index in [2.05, 4.69) is 5.32 Å². The number of sulfonamides is 1. The fourth-order valence-electron chi connectivity index (χ4n) is 3.84. The predicted molar refractivity (Wildman–Crippen MR) is 126 cm³/mol. The van der Waals surface area contributed by atoms with Crippen molar-refractivity contribution in [1.29, 1.82) is 0 Å². The molecule has 178 valence electrons. The maximum Gasteiger partial charge on any atom is 0.246 e. The molecule has 1 fully saturated rings. The third-order valence-electron chi connectivity index (χ3n) is 5.60. The van der Waals surface area contributed by atoms with Crippen LogP contribution in [0.1, 0.15) is 12.8 Å². The van der Waals surface area contributed by atoms with E-state index >= 15 is 0 Å². The van der Waals surface area contributed by atoms with Crippen LogP contribution in [0.5, 0.6) is 17.2 Å². The molecular formula is C25H25FN2O5S. The van der Waals surface area contributed by atoms with E-state index < -0.39 is 21.8 Å². The van der Waals surface area contributed by atoms with E-state index in [-0.39, 0.29) is 29.6 Å². The summed E-state index contributed by atoms with van der Waals surface area (Å²) in [6, 6.07) is 19.7. The molecule has 1 aliphatic heterocycles. The molecule has 1 aliphatic rings. The van der Waals surface area contributed by atoms with Crippen molar-refractivity contribution in [3.8, 4) is 17.2 Å². The molecule has 1 heterocycles. The number of hydrogen-bond donors (Lipinski definition) is 1. The van der Waals surface area contributed by atoms with Gasteiger partial charge in [-0.25, -0.2) is 12.8 Å². The minimum Gasteiger partial charge on any atom is -0.495 e. The van der Waals surface area contributed by atoms with Crippen molar-refractivity contribution in [3.63, 3.8) is 0 Å². The lowest BCUT2D eigenvalue weighted by Crippen LogP contribution is -2.43. The molecule has 1 atom stereocenters. The largest absolute Gasteiger partial charge is 0.495 e. The smallest absolute Gasteiger partial charge is 0.246 e. The molecule has 0 spiro atoms. The summed E-state index contributed by atoms with van der Waals surface area (Å²) in [7, 11) is -2.70. The topological polar surface area (TPSA) is 84.9 Å². The number of carbonyl (C=O) groups is 1. The zero-order valence-corrected chi connectivity index (χ0v) is 19.4. The molecule has 1 amide bonds. The third kappa shape index (κ3) is 5.37. The molecule has 0 aliphatic carbocycles. The van der Waals surface area contributed by atoms with Crippen molar-refractivity contribution in [2.45, 2.75) is 17.7 Å². The average molecular weight is 485 g/mol. The first kappa shape index (κ1) is 23.7. The number of benzene rings is 3. The van der Waals surface area contributed by atoms with Crippen LogP contribution >= 0.6 is 0 Å². The van der Waals surface area contributed by atoms with Crippen LogP contribution in [0.15, 0.2) is 77.7 Å². The Balaban J connectivity index is 1.42. The maximum atomic E-state index is 13.8. The lowest BCUT2D eigenvalue weighted by molar-refractivity contribution is -0.120. The number of rotatable bonds is 7. The van der Waals surface area contributed by atoms with Crippen molar-refractivity contribution in [2.75, 3.05) is 25.5 Å². The Morgan fingerprint density at radius 1 is 1.03 bits per heavy atom. The van der Waals surface area contributed by atoms with E-state index in [1.54, 1.807) is 24.3 Å². The third-order valence-corrected chi connectivity index (χ3v) is 7.49. The number of piperidine rings is 1. The van der Waals surface area contributed by atoms with Crippen LogP contribution in [-0.4, -0.2) is 38.8 Å². The highest BCUT2D eigenvalue weighted by molar-refractivity contribution is 7.89. The van der Waals surface area contributed by atoms with Gasteiger partial charge in [0.15, 0.2) is 0 Å². The second kappa shape index (κ2) is 10.2. The molecule has 9 heteroatoms. The molecule has 0 aromatic heterocycles. The fourth-order valence-corrected chi connectivity index (χ4v) is 5.53. The second-order valence-electron chi connectivity index (χ2n) is 7.93. The fraction of sp³-hybridized carbons (Fsp3) is 0.240. The van der Waals surface area contributed by atoms with E-state index in [0.717, 1.165) is 12.1 Å². The number of para-hydroxylation sites is 1. The Kier molecular flexibility index (Phi) is 7.14. The Hall–Kier alpha value is -3.43. The molecule has 1 N–H and O–H groups in total. The van der Waals surface area contributed by atoms with Crippen molar-refractivity contribution >= 4 is 21.6 Å². The van der Waals surface area contributed by atoms with Gasteiger partial charge in [0.1, 0.15) is 28.0 Å². The average Bonchev–Trinajstić information content (AvgIpc) is 2.86. The Labute approximate surface area is 198 Å². The number of anilines is 1. The predicted octanol–water partition coefficient (Wildman–Crippen LogP) is 4.67. The summed E-state index contributed by atoms with van der Waals surface area (Å²) in [6.45, 7) is 0.250. The minimum absolute atomic E-state index is 0.00301. The van der Waals surface area contributed by atoms with Gasteiger partial charge in [0.2, 0.25) is 15.9 Å². The highest BCUT2D eigenvalue weighted by atomic mass is 32.2. The summed E-state index contributed by atoms with van der Waals surface area (Å²) in [5.41, 5.74) is 0.581. The number of nitrogens with one attached hydrogen (secondary N) is 1. The molecule has 7 nitrogen and oxygen atoms in total. The summed E-state index contributed by atoms with van der Waals surface area (Å²) in [5.74, 6) is -0.0943. The van der Waals surface area contributed by atoms with Crippen molar-refractivity contribution in [3.05, 3.63) is 78.6 Å². The van der Waals surface area contributed by atoms with E-state index in [4.69, 9.17) is 9.47 Å². The van der Waals surface area contributed by atoms with Gasteiger partial charge in [-0.05, 0) is 67.4 Å². The van der Waals surface area contributed by atoms with Crippen LogP contribution < -0.4 is 14.8 Å². The van der Waals surface area contributed by atoms with Crippen LogP contribution in [0.4, 0.5) is 10.1 Å². The molecule has 1 saturated heterocycles. The normalized spacial score (nSPS) is 16.6. The van der Waals surface area contributed by atoms with Crippen molar-refractivity contribution < 1.29 is 27.1 Å². The standard InChI is InChI=1S/C25H25FN2O5S/c1-32-23-14-9-19(26)16-24(23)34(30,31)28-15-5-6-18(17-28)25(29)27-20-10-12-22(13-11-20)33-21-7-3-2-4-8-21/h2-4,7-14,16,18H,5-6,15,17H2,1H3,(H,27,29)/t18-/m0/s1. The maximum absolute atomic E-state index is 13.8. The van der Waals surface area contributed by atoms with Gasteiger partial charge in [0, 0.05) is 18.8 Å². The first-order valence-electron chi connectivity index (χ1n) is 10.8. The first-order valence-corrected chi connectivity index (χ1v) is 12.3.